The maximum atomic E-state index is 13.6. The van der Waals surface area contributed by atoms with E-state index in [0.29, 0.717) is 12.5 Å². The number of nitrogens with zero attached hydrogens (tertiary/aromatic N) is 1. The molecule has 2 aliphatic rings. The molecule has 1 heterocycles. The van der Waals surface area contributed by atoms with E-state index in [2.05, 4.69) is 10.2 Å². The molecule has 0 bridgehead atoms. The van der Waals surface area contributed by atoms with E-state index in [1.54, 1.807) is 0 Å². The highest BCUT2D eigenvalue weighted by Crippen LogP contribution is 2.30. The van der Waals surface area contributed by atoms with E-state index in [-0.39, 0.29) is 0 Å². The van der Waals surface area contributed by atoms with Crippen LogP contribution in [0.4, 0.5) is 14.5 Å². The highest BCUT2D eigenvalue weighted by molar-refractivity contribution is 5.55. The van der Waals surface area contributed by atoms with Gasteiger partial charge in [-0.3, -0.25) is 0 Å². The van der Waals surface area contributed by atoms with Gasteiger partial charge in [0.1, 0.15) is 0 Å². The molecule has 1 aromatic carbocycles. The third-order valence-corrected chi connectivity index (χ3v) is 4.54. The van der Waals surface area contributed by atoms with Crippen LogP contribution < -0.4 is 10.2 Å². The predicted octanol–water partition coefficient (Wildman–Crippen LogP) is 3.45. The lowest BCUT2D eigenvalue weighted by Gasteiger charge is -2.31. The van der Waals surface area contributed by atoms with Gasteiger partial charge < -0.3 is 10.2 Å². The van der Waals surface area contributed by atoms with Crippen LogP contribution >= 0.6 is 0 Å². The van der Waals surface area contributed by atoms with E-state index >= 15 is 0 Å². The second-order valence-corrected chi connectivity index (χ2v) is 6.02. The Morgan fingerprint density at radius 1 is 1.10 bits per heavy atom. The van der Waals surface area contributed by atoms with Gasteiger partial charge in [-0.15, -0.1) is 0 Å². The summed E-state index contributed by atoms with van der Waals surface area (Å²) < 4.78 is 27.0. The molecule has 4 heteroatoms. The summed E-state index contributed by atoms with van der Waals surface area (Å²) in [6.07, 6.45) is 6.49. The Labute approximate surface area is 119 Å². The Bertz CT molecular complexity index is 470. The van der Waals surface area contributed by atoms with Crippen molar-refractivity contribution in [1.82, 2.24) is 5.32 Å². The number of hydrogen-bond acceptors (Lipinski definition) is 2. The van der Waals surface area contributed by atoms with Crippen molar-refractivity contribution in [1.29, 1.82) is 0 Å². The zero-order valence-corrected chi connectivity index (χ0v) is 11.8. The Kier molecular flexibility index (Phi) is 4.20. The average molecular weight is 280 g/mol. The van der Waals surface area contributed by atoms with Gasteiger partial charge in [-0.1, -0.05) is 19.3 Å². The average Bonchev–Trinajstić information content (AvgIpc) is 2.64. The SMILES string of the molecule is Fc1cc2c(cc1F)N(CC1CCCCC1)CCNC2. The van der Waals surface area contributed by atoms with E-state index in [4.69, 9.17) is 0 Å². The highest BCUT2D eigenvalue weighted by Gasteiger charge is 2.22. The fraction of sp³-hybridized carbons (Fsp3) is 0.625. The molecule has 0 unspecified atom stereocenters. The molecule has 1 saturated carbocycles. The van der Waals surface area contributed by atoms with Crippen molar-refractivity contribution in [3.8, 4) is 0 Å². The minimum absolute atomic E-state index is 0.619. The molecule has 1 aromatic rings. The molecule has 0 aromatic heterocycles. The molecule has 0 amide bonds. The largest absolute Gasteiger partial charge is 0.370 e. The quantitative estimate of drug-likeness (QED) is 0.892. The van der Waals surface area contributed by atoms with E-state index < -0.39 is 11.6 Å². The standard InChI is InChI=1S/C16H22F2N2/c17-14-8-13-10-19-6-7-20(16(13)9-15(14)18)11-12-4-2-1-3-5-12/h8-9,12,19H,1-7,10-11H2. The molecule has 110 valence electrons. The van der Waals surface area contributed by atoms with Crippen molar-refractivity contribution in [2.45, 2.75) is 38.6 Å². The summed E-state index contributed by atoms with van der Waals surface area (Å²) in [6, 6.07) is 2.72. The molecule has 0 atom stereocenters. The molecule has 0 spiro atoms. The number of fused-ring (bicyclic) bond motifs is 1. The number of nitrogens with one attached hydrogen (secondary N) is 1. The summed E-state index contributed by atoms with van der Waals surface area (Å²) in [5.41, 5.74) is 1.75. The van der Waals surface area contributed by atoms with Gasteiger partial charge in [0, 0.05) is 37.9 Å². The normalized spacial score (nSPS) is 20.6. The maximum absolute atomic E-state index is 13.6. The van der Waals surface area contributed by atoms with Crippen LogP contribution in [0.1, 0.15) is 37.7 Å². The van der Waals surface area contributed by atoms with Gasteiger partial charge in [-0.2, -0.15) is 0 Å². The van der Waals surface area contributed by atoms with E-state index in [0.717, 1.165) is 30.9 Å². The van der Waals surface area contributed by atoms with Crippen molar-refractivity contribution in [3.63, 3.8) is 0 Å². The molecule has 1 aliphatic heterocycles. The predicted molar refractivity (Wildman–Crippen MR) is 76.9 cm³/mol. The second-order valence-electron chi connectivity index (χ2n) is 6.02. The molecular weight excluding hydrogens is 258 g/mol. The van der Waals surface area contributed by atoms with Gasteiger partial charge in [0.25, 0.3) is 0 Å². The number of benzene rings is 1. The van der Waals surface area contributed by atoms with Crippen LogP contribution in [0.15, 0.2) is 12.1 Å². The van der Waals surface area contributed by atoms with Crippen molar-refractivity contribution in [2.75, 3.05) is 24.5 Å². The first-order valence-electron chi connectivity index (χ1n) is 7.67. The summed E-state index contributed by atoms with van der Waals surface area (Å²) in [5.74, 6) is -0.785. The molecule has 0 radical (unpaired) electrons. The summed E-state index contributed by atoms with van der Waals surface area (Å²) in [5, 5.41) is 3.29. The monoisotopic (exact) mass is 280 g/mol. The fourth-order valence-electron chi connectivity index (χ4n) is 3.44. The van der Waals surface area contributed by atoms with Crippen molar-refractivity contribution in [2.24, 2.45) is 5.92 Å². The lowest BCUT2D eigenvalue weighted by molar-refractivity contribution is 0.358. The first-order chi connectivity index (χ1) is 9.74. The third-order valence-electron chi connectivity index (χ3n) is 4.54. The molecule has 20 heavy (non-hydrogen) atoms. The van der Waals surface area contributed by atoms with Crippen LogP contribution in [-0.2, 0) is 6.54 Å². The Hall–Kier alpha value is -1.16. The van der Waals surface area contributed by atoms with Crippen LogP contribution in [0.2, 0.25) is 0 Å². The third kappa shape index (κ3) is 2.95. The summed E-state index contributed by atoms with van der Waals surface area (Å²) in [7, 11) is 0. The smallest absolute Gasteiger partial charge is 0.160 e. The maximum Gasteiger partial charge on any atom is 0.160 e. The number of halogens is 2. The molecule has 1 N–H and O–H groups in total. The topological polar surface area (TPSA) is 15.3 Å². The van der Waals surface area contributed by atoms with E-state index in [1.165, 1.54) is 44.2 Å². The fourth-order valence-corrected chi connectivity index (χ4v) is 3.44. The van der Waals surface area contributed by atoms with Gasteiger partial charge in [0.15, 0.2) is 11.6 Å². The Morgan fingerprint density at radius 3 is 2.65 bits per heavy atom. The first-order valence-corrected chi connectivity index (χ1v) is 7.67. The summed E-state index contributed by atoms with van der Waals surface area (Å²) in [6.45, 7) is 3.33. The zero-order valence-electron chi connectivity index (χ0n) is 11.8. The van der Waals surface area contributed by atoms with Gasteiger partial charge in [-0.25, -0.2) is 8.78 Å². The molecule has 3 rings (SSSR count). The van der Waals surface area contributed by atoms with Crippen LogP contribution in [0.25, 0.3) is 0 Å². The van der Waals surface area contributed by atoms with Crippen LogP contribution in [0, 0.1) is 17.6 Å². The van der Waals surface area contributed by atoms with Crippen LogP contribution in [0.5, 0.6) is 0 Å². The van der Waals surface area contributed by atoms with Gasteiger partial charge >= 0.3 is 0 Å². The number of hydrogen-bond donors (Lipinski definition) is 1. The Balaban J connectivity index is 1.82. The number of rotatable bonds is 2. The minimum Gasteiger partial charge on any atom is -0.370 e. The second kappa shape index (κ2) is 6.08. The van der Waals surface area contributed by atoms with Gasteiger partial charge in [0.05, 0.1) is 0 Å². The minimum atomic E-state index is -0.745. The Morgan fingerprint density at radius 2 is 1.85 bits per heavy atom. The molecular formula is C16H22F2N2. The zero-order chi connectivity index (χ0) is 13.9. The molecule has 1 fully saturated rings. The lowest BCUT2D eigenvalue weighted by atomic mass is 9.88. The van der Waals surface area contributed by atoms with Crippen molar-refractivity contribution < 1.29 is 8.78 Å². The lowest BCUT2D eigenvalue weighted by Crippen LogP contribution is -2.34. The van der Waals surface area contributed by atoms with Crippen molar-refractivity contribution >= 4 is 5.69 Å². The highest BCUT2D eigenvalue weighted by atomic mass is 19.2. The molecule has 0 saturated heterocycles. The number of anilines is 1. The van der Waals surface area contributed by atoms with E-state index in [9.17, 15) is 8.78 Å². The molecule has 2 nitrogen and oxygen atoms in total. The van der Waals surface area contributed by atoms with Gasteiger partial charge in [-0.05, 0) is 30.4 Å². The first kappa shape index (κ1) is 13.8. The van der Waals surface area contributed by atoms with E-state index in [1.807, 2.05) is 0 Å². The van der Waals surface area contributed by atoms with Gasteiger partial charge in [0.2, 0.25) is 0 Å². The van der Waals surface area contributed by atoms with Crippen LogP contribution in [-0.4, -0.2) is 19.6 Å². The van der Waals surface area contributed by atoms with Crippen LogP contribution in [0.3, 0.4) is 0 Å². The summed E-state index contributed by atoms with van der Waals surface area (Å²) in [4.78, 5) is 2.24. The molecule has 1 aliphatic carbocycles. The summed E-state index contributed by atoms with van der Waals surface area (Å²) >= 11 is 0. The van der Waals surface area contributed by atoms with Crippen molar-refractivity contribution in [3.05, 3.63) is 29.3 Å².